The number of hydrogen-bond donors (Lipinski definition) is 2. The van der Waals surface area contributed by atoms with Crippen molar-refractivity contribution in [2.75, 3.05) is 6.80 Å². The normalized spacial score (nSPS) is 11.0. The highest BCUT2D eigenvalue weighted by Crippen LogP contribution is 1.87. The molecule has 0 aliphatic carbocycles. The number of hydrogen-bond acceptors (Lipinski definition) is 3. The van der Waals surface area contributed by atoms with Crippen molar-refractivity contribution < 1.29 is 4.39 Å². The Morgan fingerprint density at radius 2 is 2.62 bits per heavy atom. The molecule has 0 unspecified atom stereocenters. The van der Waals surface area contributed by atoms with Gasteiger partial charge in [-0.2, -0.15) is 5.11 Å². The van der Waals surface area contributed by atoms with Gasteiger partial charge >= 0.3 is 0 Å². The van der Waals surface area contributed by atoms with Crippen molar-refractivity contribution in [1.29, 1.82) is 5.53 Å². The number of halogens is 1. The Kier molecular flexibility index (Phi) is 3.74. The van der Waals surface area contributed by atoms with E-state index in [1.807, 2.05) is 0 Å². The highest BCUT2D eigenvalue weighted by molar-refractivity contribution is 4.90. The summed E-state index contributed by atoms with van der Waals surface area (Å²) in [5.41, 5.74) is 6.84. The second kappa shape index (κ2) is 4.23. The molecule has 3 nitrogen and oxygen atoms in total. The number of nitrogens with one attached hydrogen (secondary N) is 2. The summed E-state index contributed by atoms with van der Waals surface area (Å²) in [5, 5.41) is 5.26. The summed E-state index contributed by atoms with van der Waals surface area (Å²) in [6, 6.07) is 0. The Hall–Kier alpha value is -0.930. The summed E-state index contributed by atoms with van der Waals surface area (Å²) in [7, 11) is 0. The summed E-state index contributed by atoms with van der Waals surface area (Å²) >= 11 is 0. The van der Waals surface area contributed by atoms with Gasteiger partial charge in [-0.25, -0.2) is 9.92 Å². The van der Waals surface area contributed by atoms with Gasteiger partial charge in [0.1, 0.15) is 0 Å². The van der Waals surface area contributed by atoms with Gasteiger partial charge in [-0.05, 0) is 6.92 Å². The Bertz CT molecular complexity index is 99.5. The van der Waals surface area contributed by atoms with Crippen LogP contribution in [-0.2, 0) is 0 Å². The van der Waals surface area contributed by atoms with Gasteiger partial charge in [0.25, 0.3) is 0 Å². The first-order chi connectivity index (χ1) is 3.81. The average molecular weight is 117 g/mol. The molecule has 2 N–H and O–H groups in total. The molecule has 0 aliphatic heterocycles. The minimum atomic E-state index is -0.618. The average Bonchev–Trinajstić information content (AvgIpc) is 1.83. The second-order valence-corrected chi connectivity index (χ2v) is 1.24. The van der Waals surface area contributed by atoms with Crippen molar-refractivity contribution in [1.82, 2.24) is 5.32 Å². The maximum absolute atomic E-state index is 11.2. The first kappa shape index (κ1) is 7.07. The molecule has 8 heavy (non-hydrogen) atoms. The summed E-state index contributed by atoms with van der Waals surface area (Å²) in [6.07, 6.45) is 1.34. The molecular weight excluding hydrogens is 109 g/mol. The van der Waals surface area contributed by atoms with Gasteiger partial charge in [0.2, 0.25) is 0 Å². The summed E-state index contributed by atoms with van der Waals surface area (Å²) in [6.45, 7) is 0.989. The van der Waals surface area contributed by atoms with Crippen molar-refractivity contribution in [2.45, 2.75) is 6.92 Å². The van der Waals surface area contributed by atoms with Gasteiger partial charge in [0, 0.05) is 6.20 Å². The molecule has 0 bridgehead atoms. The van der Waals surface area contributed by atoms with Gasteiger partial charge in [0.05, 0.1) is 5.70 Å². The van der Waals surface area contributed by atoms with E-state index in [1.54, 1.807) is 6.92 Å². The molecule has 0 rings (SSSR count). The van der Waals surface area contributed by atoms with E-state index in [9.17, 15) is 4.39 Å². The third-order valence-electron chi connectivity index (χ3n) is 0.564. The van der Waals surface area contributed by atoms with E-state index >= 15 is 0 Å². The van der Waals surface area contributed by atoms with Crippen LogP contribution in [0.1, 0.15) is 6.92 Å². The molecule has 0 saturated carbocycles. The van der Waals surface area contributed by atoms with Gasteiger partial charge in [0.15, 0.2) is 6.80 Å². The van der Waals surface area contributed by atoms with Gasteiger partial charge in [-0.1, -0.05) is 0 Å². The maximum atomic E-state index is 11.2. The molecule has 0 saturated heterocycles. The zero-order valence-corrected chi connectivity index (χ0v) is 4.61. The van der Waals surface area contributed by atoms with Crippen LogP contribution < -0.4 is 5.32 Å². The summed E-state index contributed by atoms with van der Waals surface area (Å²) in [4.78, 5) is 0. The van der Waals surface area contributed by atoms with E-state index in [0.717, 1.165) is 0 Å². The highest BCUT2D eigenvalue weighted by atomic mass is 19.1. The van der Waals surface area contributed by atoms with Gasteiger partial charge < -0.3 is 5.32 Å². The largest absolute Gasteiger partial charge is 0.363 e. The van der Waals surface area contributed by atoms with Crippen molar-refractivity contribution in [3.63, 3.8) is 0 Å². The molecule has 0 aliphatic rings. The fourth-order valence-corrected chi connectivity index (χ4v) is 0.219. The van der Waals surface area contributed by atoms with E-state index in [4.69, 9.17) is 5.53 Å². The van der Waals surface area contributed by atoms with Crippen molar-refractivity contribution in [3.05, 3.63) is 11.9 Å². The lowest BCUT2D eigenvalue weighted by molar-refractivity contribution is 0.463. The van der Waals surface area contributed by atoms with E-state index in [-0.39, 0.29) is 0 Å². The number of rotatable bonds is 3. The fraction of sp³-hybridized carbons (Fsp3) is 0.500. The second-order valence-electron chi connectivity index (χ2n) is 1.24. The fourth-order valence-electron chi connectivity index (χ4n) is 0.219. The van der Waals surface area contributed by atoms with Crippen LogP contribution in [0.2, 0.25) is 0 Å². The lowest BCUT2D eigenvalue weighted by Crippen LogP contribution is -2.00. The highest BCUT2D eigenvalue weighted by Gasteiger charge is 1.77. The number of allylic oxidation sites excluding steroid dienone is 1. The minimum Gasteiger partial charge on any atom is -0.363 e. The van der Waals surface area contributed by atoms with E-state index in [0.29, 0.717) is 5.70 Å². The van der Waals surface area contributed by atoms with E-state index in [1.165, 1.54) is 6.20 Å². The molecule has 0 fully saturated rings. The van der Waals surface area contributed by atoms with Gasteiger partial charge in [-0.3, -0.25) is 0 Å². The Balaban J connectivity index is 3.40. The molecule has 0 aromatic rings. The predicted octanol–water partition coefficient (Wildman–Crippen LogP) is 1.40. The van der Waals surface area contributed by atoms with Crippen molar-refractivity contribution in [2.24, 2.45) is 5.11 Å². The first-order valence-corrected chi connectivity index (χ1v) is 2.15. The quantitative estimate of drug-likeness (QED) is 0.426. The standard InChI is InChI=1S/C4H8FN3/c1-4(8-6)2-7-3-5/h2,6-7H,3H2,1H3/b4-2-,8-6?. The van der Waals surface area contributed by atoms with Gasteiger partial charge in [-0.15, -0.1) is 0 Å². The predicted molar refractivity (Wildman–Crippen MR) is 28.0 cm³/mol. The van der Waals surface area contributed by atoms with Crippen LogP contribution in [0.5, 0.6) is 0 Å². The third-order valence-corrected chi connectivity index (χ3v) is 0.564. The molecule has 4 heteroatoms. The zero-order valence-electron chi connectivity index (χ0n) is 4.61. The van der Waals surface area contributed by atoms with Crippen LogP contribution in [0.3, 0.4) is 0 Å². The molecule has 0 aromatic heterocycles. The van der Waals surface area contributed by atoms with Crippen LogP contribution >= 0.6 is 0 Å². The molecule has 0 heterocycles. The lowest BCUT2D eigenvalue weighted by atomic mass is 10.6. The molecular formula is C4H8FN3. The topological polar surface area (TPSA) is 48.2 Å². The van der Waals surface area contributed by atoms with Crippen LogP contribution in [0.4, 0.5) is 4.39 Å². The maximum Gasteiger partial charge on any atom is 0.159 e. The minimum absolute atomic E-state index is 0.461. The van der Waals surface area contributed by atoms with Crippen LogP contribution in [-0.4, -0.2) is 6.80 Å². The lowest BCUT2D eigenvalue weighted by Gasteiger charge is -1.88. The molecule has 0 amide bonds. The Morgan fingerprint density at radius 3 is 3.00 bits per heavy atom. The Morgan fingerprint density at radius 1 is 2.00 bits per heavy atom. The number of nitrogens with zero attached hydrogens (tertiary/aromatic N) is 1. The zero-order chi connectivity index (χ0) is 6.41. The molecule has 0 spiro atoms. The van der Waals surface area contributed by atoms with Crippen LogP contribution in [0.25, 0.3) is 0 Å². The summed E-state index contributed by atoms with van der Waals surface area (Å²) < 4.78 is 11.2. The van der Waals surface area contributed by atoms with E-state index < -0.39 is 6.80 Å². The molecule has 0 atom stereocenters. The SMILES string of the molecule is C/C(=C/NCF)N=N. The van der Waals surface area contributed by atoms with E-state index in [2.05, 4.69) is 10.4 Å². The monoisotopic (exact) mass is 117 g/mol. The van der Waals surface area contributed by atoms with Crippen molar-refractivity contribution >= 4 is 0 Å². The molecule has 0 radical (unpaired) electrons. The Labute approximate surface area is 47.1 Å². The van der Waals surface area contributed by atoms with Crippen LogP contribution in [0, 0.1) is 5.53 Å². The number of alkyl halides is 1. The first-order valence-electron chi connectivity index (χ1n) is 2.15. The molecule has 46 valence electrons. The summed E-state index contributed by atoms with van der Waals surface area (Å²) in [5.74, 6) is 0. The smallest absolute Gasteiger partial charge is 0.159 e. The molecule has 0 aromatic carbocycles. The third kappa shape index (κ3) is 3.27. The van der Waals surface area contributed by atoms with Crippen molar-refractivity contribution in [3.8, 4) is 0 Å². The van der Waals surface area contributed by atoms with Crippen LogP contribution in [0.15, 0.2) is 17.0 Å².